The monoisotopic (exact) mass is 268 g/mol. The molecule has 0 radical (unpaired) electrons. The fourth-order valence-electron chi connectivity index (χ4n) is 2.11. The van der Waals surface area contributed by atoms with E-state index in [1.807, 2.05) is 0 Å². The number of anilines is 1. The van der Waals surface area contributed by atoms with Crippen LogP contribution in [0.4, 0.5) is 5.69 Å². The van der Waals surface area contributed by atoms with Crippen molar-refractivity contribution in [1.29, 1.82) is 0 Å². The third kappa shape index (κ3) is 2.18. The lowest BCUT2D eigenvalue weighted by Crippen LogP contribution is -2.50. The number of hydrogen-bond acceptors (Lipinski definition) is 2. The van der Waals surface area contributed by atoms with Crippen LogP contribution in [0.15, 0.2) is 22.7 Å². The third-order valence-electron chi connectivity index (χ3n) is 3.05. The first-order chi connectivity index (χ1) is 7.20. The Morgan fingerprint density at radius 2 is 2.27 bits per heavy atom. The molecule has 15 heavy (non-hydrogen) atoms. The summed E-state index contributed by atoms with van der Waals surface area (Å²) in [6.07, 6.45) is 0. The van der Waals surface area contributed by atoms with Crippen LogP contribution in [0.2, 0.25) is 0 Å². The molecule has 1 aliphatic rings. The molecule has 0 bridgehead atoms. The van der Waals surface area contributed by atoms with Gasteiger partial charge in [0.15, 0.2) is 0 Å². The molecule has 2 nitrogen and oxygen atoms in total. The molecule has 3 heteroatoms. The van der Waals surface area contributed by atoms with Crippen molar-refractivity contribution in [3.05, 3.63) is 28.2 Å². The Labute approximate surface area is 99.8 Å². The molecule has 82 valence electrons. The maximum absolute atomic E-state index is 3.59. The van der Waals surface area contributed by atoms with Gasteiger partial charge in [0, 0.05) is 35.8 Å². The van der Waals surface area contributed by atoms with Crippen LogP contribution in [0, 0.1) is 6.92 Å². The number of rotatable bonds is 1. The molecule has 0 amide bonds. The summed E-state index contributed by atoms with van der Waals surface area (Å²) in [6, 6.07) is 7.00. The molecular formula is C12H17BrN2. The van der Waals surface area contributed by atoms with Gasteiger partial charge in [-0.05, 0) is 31.5 Å². The fraction of sp³-hybridized carbons (Fsp3) is 0.500. The van der Waals surface area contributed by atoms with E-state index in [1.54, 1.807) is 0 Å². The second-order valence-electron chi connectivity index (χ2n) is 4.13. The summed E-state index contributed by atoms with van der Waals surface area (Å²) < 4.78 is 1.20. The summed E-state index contributed by atoms with van der Waals surface area (Å²) in [6.45, 7) is 7.70. The van der Waals surface area contributed by atoms with E-state index in [0.29, 0.717) is 6.04 Å². The molecule has 1 atom stereocenters. The second-order valence-corrected chi connectivity index (χ2v) is 4.98. The highest BCUT2D eigenvalue weighted by Crippen LogP contribution is 2.28. The van der Waals surface area contributed by atoms with E-state index in [1.165, 1.54) is 15.7 Å². The lowest BCUT2D eigenvalue weighted by Gasteiger charge is -2.37. The van der Waals surface area contributed by atoms with Gasteiger partial charge in [-0.25, -0.2) is 0 Å². The lowest BCUT2D eigenvalue weighted by atomic mass is 10.1. The Morgan fingerprint density at radius 3 is 3.00 bits per heavy atom. The predicted molar refractivity (Wildman–Crippen MR) is 68.6 cm³/mol. The first-order valence-electron chi connectivity index (χ1n) is 5.42. The molecule has 0 aromatic heterocycles. The first kappa shape index (κ1) is 11.0. The van der Waals surface area contributed by atoms with E-state index in [2.05, 4.69) is 58.2 Å². The van der Waals surface area contributed by atoms with Crippen LogP contribution in [0.25, 0.3) is 0 Å². The van der Waals surface area contributed by atoms with Gasteiger partial charge in [0.05, 0.1) is 0 Å². The molecule has 1 saturated heterocycles. The van der Waals surface area contributed by atoms with E-state index < -0.39 is 0 Å². The number of hydrogen-bond donors (Lipinski definition) is 1. The number of nitrogens with zero attached hydrogens (tertiary/aromatic N) is 1. The number of halogens is 1. The van der Waals surface area contributed by atoms with Crippen LogP contribution < -0.4 is 10.2 Å². The molecule has 0 spiro atoms. The predicted octanol–water partition coefficient (Wildman–Crippen LogP) is 2.56. The largest absolute Gasteiger partial charge is 0.366 e. The topological polar surface area (TPSA) is 15.3 Å². The van der Waals surface area contributed by atoms with Crippen molar-refractivity contribution in [2.75, 3.05) is 24.5 Å². The average Bonchev–Trinajstić information content (AvgIpc) is 2.23. The molecule has 1 N–H and O–H groups in total. The van der Waals surface area contributed by atoms with E-state index in [4.69, 9.17) is 0 Å². The third-order valence-corrected chi connectivity index (χ3v) is 3.91. The minimum atomic E-state index is 0.576. The van der Waals surface area contributed by atoms with Crippen LogP contribution in [0.3, 0.4) is 0 Å². The summed E-state index contributed by atoms with van der Waals surface area (Å²) in [4.78, 5) is 2.48. The molecule has 1 aliphatic heterocycles. The normalized spacial score (nSPS) is 21.8. The molecule has 1 unspecified atom stereocenters. The van der Waals surface area contributed by atoms with Crippen LogP contribution >= 0.6 is 15.9 Å². The minimum Gasteiger partial charge on any atom is -0.366 e. The van der Waals surface area contributed by atoms with Gasteiger partial charge >= 0.3 is 0 Å². The summed E-state index contributed by atoms with van der Waals surface area (Å²) in [5.74, 6) is 0. The summed E-state index contributed by atoms with van der Waals surface area (Å²) in [7, 11) is 0. The Morgan fingerprint density at radius 1 is 1.47 bits per heavy atom. The first-order valence-corrected chi connectivity index (χ1v) is 6.22. The number of nitrogens with one attached hydrogen (secondary N) is 1. The Balaban J connectivity index is 2.31. The van der Waals surface area contributed by atoms with Gasteiger partial charge in [-0.15, -0.1) is 0 Å². The summed E-state index contributed by atoms with van der Waals surface area (Å²) in [5, 5.41) is 3.41. The molecule has 0 saturated carbocycles. The van der Waals surface area contributed by atoms with E-state index in [-0.39, 0.29) is 0 Å². The maximum Gasteiger partial charge on any atom is 0.0410 e. The van der Waals surface area contributed by atoms with Crippen LogP contribution in [-0.2, 0) is 0 Å². The summed E-state index contributed by atoms with van der Waals surface area (Å²) in [5.41, 5.74) is 2.70. The highest BCUT2D eigenvalue weighted by atomic mass is 79.9. The smallest absolute Gasteiger partial charge is 0.0410 e. The Bertz CT molecular complexity index is 351. The molecule has 0 aliphatic carbocycles. The second kappa shape index (κ2) is 4.54. The molecule has 2 rings (SSSR count). The Kier molecular flexibility index (Phi) is 3.32. The van der Waals surface area contributed by atoms with Gasteiger partial charge in [-0.2, -0.15) is 0 Å². The zero-order valence-corrected chi connectivity index (χ0v) is 10.8. The van der Waals surface area contributed by atoms with Gasteiger partial charge in [-0.1, -0.05) is 22.0 Å². The molecular weight excluding hydrogens is 252 g/mol. The minimum absolute atomic E-state index is 0.576. The molecule has 1 heterocycles. The fourth-order valence-corrected chi connectivity index (χ4v) is 2.46. The highest BCUT2D eigenvalue weighted by Gasteiger charge is 2.19. The molecule has 1 fully saturated rings. The van der Waals surface area contributed by atoms with Crippen molar-refractivity contribution in [2.45, 2.75) is 19.9 Å². The van der Waals surface area contributed by atoms with E-state index >= 15 is 0 Å². The van der Waals surface area contributed by atoms with E-state index in [0.717, 1.165) is 19.6 Å². The van der Waals surface area contributed by atoms with Crippen molar-refractivity contribution in [1.82, 2.24) is 5.32 Å². The molecule has 1 aromatic carbocycles. The van der Waals surface area contributed by atoms with Crippen LogP contribution in [-0.4, -0.2) is 25.7 Å². The van der Waals surface area contributed by atoms with Crippen molar-refractivity contribution >= 4 is 21.6 Å². The van der Waals surface area contributed by atoms with Gasteiger partial charge in [-0.3, -0.25) is 0 Å². The van der Waals surface area contributed by atoms with Gasteiger partial charge < -0.3 is 10.2 Å². The van der Waals surface area contributed by atoms with Crippen molar-refractivity contribution < 1.29 is 0 Å². The van der Waals surface area contributed by atoms with Crippen LogP contribution in [0.1, 0.15) is 12.5 Å². The summed E-state index contributed by atoms with van der Waals surface area (Å²) >= 11 is 3.59. The maximum atomic E-state index is 3.59. The average molecular weight is 269 g/mol. The van der Waals surface area contributed by atoms with E-state index in [9.17, 15) is 0 Å². The SMILES string of the molecule is Cc1c(Br)cccc1N1CCNCC1C. The number of benzene rings is 1. The zero-order chi connectivity index (χ0) is 10.8. The van der Waals surface area contributed by atoms with Gasteiger partial charge in [0.1, 0.15) is 0 Å². The molecule has 1 aromatic rings. The Hall–Kier alpha value is -0.540. The van der Waals surface area contributed by atoms with Gasteiger partial charge in [0.25, 0.3) is 0 Å². The van der Waals surface area contributed by atoms with Crippen molar-refractivity contribution in [3.8, 4) is 0 Å². The van der Waals surface area contributed by atoms with Gasteiger partial charge in [0.2, 0.25) is 0 Å². The number of piperazine rings is 1. The van der Waals surface area contributed by atoms with Crippen molar-refractivity contribution in [2.24, 2.45) is 0 Å². The quantitative estimate of drug-likeness (QED) is 0.843. The highest BCUT2D eigenvalue weighted by molar-refractivity contribution is 9.10. The lowest BCUT2D eigenvalue weighted by molar-refractivity contribution is 0.500. The van der Waals surface area contributed by atoms with Crippen molar-refractivity contribution in [3.63, 3.8) is 0 Å². The zero-order valence-electron chi connectivity index (χ0n) is 9.26. The standard InChI is InChI=1S/C12H17BrN2/c1-9-8-14-6-7-15(9)12-5-3-4-11(13)10(12)2/h3-5,9,14H,6-8H2,1-2H3. The van der Waals surface area contributed by atoms with Crippen LogP contribution in [0.5, 0.6) is 0 Å².